The van der Waals surface area contributed by atoms with Gasteiger partial charge in [0, 0.05) is 11.4 Å². The van der Waals surface area contributed by atoms with Crippen molar-refractivity contribution < 1.29 is 8.42 Å². The van der Waals surface area contributed by atoms with Gasteiger partial charge in [-0.05, 0) is 50.1 Å². The molecule has 0 spiro atoms. The average Bonchev–Trinajstić information content (AvgIpc) is 3.24. The van der Waals surface area contributed by atoms with E-state index in [0.29, 0.717) is 11.4 Å². The highest BCUT2D eigenvalue weighted by Crippen LogP contribution is 2.31. The maximum Gasteiger partial charge on any atom is 0.229 e. The summed E-state index contributed by atoms with van der Waals surface area (Å²) in [6.45, 7) is 5.75. The molecular weight excluding hydrogens is 434 g/mol. The van der Waals surface area contributed by atoms with E-state index in [-0.39, 0.29) is 21.6 Å². The third kappa shape index (κ3) is 3.62. The Kier molecular flexibility index (Phi) is 5.09. The van der Waals surface area contributed by atoms with E-state index in [9.17, 15) is 8.42 Å². The second kappa shape index (κ2) is 7.97. The third-order valence-electron chi connectivity index (χ3n) is 5.75. The molecule has 0 fully saturated rings. The second-order valence-corrected chi connectivity index (χ2v) is 9.99. The van der Waals surface area contributed by atoms with Gasteiger partial charge in [-0.25, -0.2) is 13.4 Å². The fourth-order valence-corrected chi connectivity index (χ4v) is 5.52. The third-order valence-corrected chi connectivity index (χ3v) is 7.56. The molecule has 166 valence electrons. The molecule has 0 unspecified atom stereocenters. The first kappa shape index (κ1) is 21.1. The van der Waals surface area contributed by atoms with E-state index < -0.39 is 9.84 Å². The Balaban J connectivity index is 1.70. The first-order valence-corrected chi connectivity index (χ1v) is 12.1. The molecule has 0 saturated heterocycles. The minimum absolute atomic E-state index is 0.0418. The number of rotatable bonds is 5. The molecule has 0 saturated carbocycles. The predicted octanol–water partition coefficient (Wildman–Crippen LogP) is 4.90. The molecule has 0 amide bonds. The quantitative estimate of drug-likeness (QED) is 0.404. The number of para-hydroxylation sites is 1. The van der Waals surface area contributed by atoms with Gasteiger partial charge in [0.2, 0.25) is 14.9 Å². The van der Waals surface area contributed by atoms with Gasteiger partial charge >= 0.3 is 0 Å². The van der Waals surface area contributed by atoms with Gasteiger partial charge in [-0.3, -0.25) is 0 Å². The van der Waals surface area contributed by atoms with E-state index in [1.54, 1.807) is 19.1 Å². The number of aryl methyl sites for hydroxylation is 2. The van der Waals surface area contributed by atoms with Gasteiger partial charge < -0.3 is 5.32 Å². The lowest BCUT2D eigenvalue weighted by Gasteiger charge is -2.17. The van der Waals surface area contributed by atoms with Crippen molar-refractivity contribution in [3.8, 4) is 0 Å². The fraction of sp³-hybridized carbons (Fsp3) is 0.160. The highest BCUT2D eigenvalue weighted by Gasteiger charge is 2.28. The van der Waals surface area contributed by atoms with E-state index in [0.717, 1.165) is 22.0 Å². The van der Waals surface area contributed by atoms with Crippen molar-refractivity contribution in [3.05, 3.63) is 89.5 Å². The topological polar surface area (TPSA) is 89.2 Å². The average molecular weight is 458 g/mol. The summed E-state index contributed by atoms with van der Waals surface area (Å²) in [7, 11) is -3.92. The highest BCUT2D eigenvalue weighted by atomic mass is 32.2. The molecular formula is C25H23N5O2S. The SMILES string of the molecule is Cc1ccc(S(=O)(=O)c2nnn3c2nc(N[C@H](C)c2ccccc2)c2ccccc23)c(C)c1. The lowest BCUT2D eigenvalue weighted by Crippen LogP contribution is -2.11. The number of aromatic nitrogens is 4. The van der Waals surface area contributed by atoms with Crippen LogP contribution in [-0.2, 0) is 9.84 Å². The Morgan fingerprint density at radius 3 is 2.42 bits per heavy atom. The summed E-state index contributed by atoms with van der Waals surface area (Å²) < 4.78 is 28.6. The summed E-state index contributed by atoms with van der Waals surface area (Å²) in [6.07, 6.45) is 0. The monoisotopic (exact) mass is 457 g/mol. The number of nitrogens with one attached hydrogen (secondary N) is 1. The Hall–Kier alpha value is -3.78. The zero-order chi connectivity index (χ0) is 23.2. The molecule has 3 aromatic carbocycles. The molecule has 2 aromatic heterocycles. The van der Waals surface area contributed by atoms with Crippen molar-refractivity contribution in [1.82, 2.24) is 19.8 Å². The van der Waals surface area contributed by atoms with Gasteiger partial charge in [-0.15, -0.1) is 5.10 Å². The molecule has 33 heavy (non-hydrogen) atoms. The van der Waals surface area contributed by atoms with Crippen molar-refractivity contribution in [1.29, 1.82) is 0 Å². The maximum atomic E-state index is 13.6. The van der Waals surface area contributed by atoms with Gasteiger partial charge in [0.1, 0.15) is 5.82 Å². The van der Waals surface area contributed by atoms with E-state index in [4.69, 9.17) is 4.98 Å². The predicted molar refractivity (Wildman–Crippen MR) is 128 cm³/mol. The normalized spacial score (nSPS) is 12.8. The summed E-state index contributed by atoms with van der Waals surface area (Å²) in [4.78, 5) is 4.92. The lowest BCUT2D eigenvalue weighted by atomic mass is 10.1. The van der Waals surface area contributed by atoms with Crippen LogP contribution in [0.25, 0.3) is 16.6 Å². The van der Waals surface area contributed by atoms with Gasteiger partial charge in [-0.2, -0.15) is 4.52 Å². The number of hydrogen-bond acceptors (Lipinski definition) is 6. The van der Waals surface area contributed by atoms with Crippen LogP contribution in [0, 0.1) is 13.8 Å². The number of sulfone groups is 1. The Morgan fingerprint density at radius 2 is 1.67 bits per heavy atom. The molecule has 5 rings (SSSR count). The Labute approximate surface area is 192 Å². The minimum atomic E-state index is -3.92. The van der Waals surface area contributed by atoms with Crippen molar-refractivity contribution in [2.24, 2.45) is 0 Å². The van der Waals surface area contributed by atoms with Crippen molar-refractivity contribution in [2.45, 2.75) is 36.7 Å². The summed E-state index contributed by atoms with van der Waals surface area (Å²) in [5.74, 6) is 0.578. The van der Waals surface area contributed by atoms with E-state index >= 15 is 0 Å². The molecule has 0 aliphatic rings. The van der Waals surface area contributed by atoms with E-state index in [1.165, 1.54) is 4.52 Å². The second-order valence-electron chi connectivity index (χ2n) is 8.16. The molecule has 0 aliphatic carbocycles. The lowest BCUT2D eigenvalue weighted by molar-refractivity contribution is 0.592. The van der Waals surface area contributed by atoms with Crippen LogP contribution in [0.2, 0.25) is 0 Å². The van der Waals surface area contributed by atoms with Crippen LogP contribution >= 0.6 is 0 Å². The molecule has 2 heterocycles. The van der Waals surface area contributed by atoms with E-state index in [1.807, 2.05) is 74.5 Å². The van der Waals surface area contributed by atoms with Gasteiger partial charge in [0.15, 0.2) is 5.65 Å². The van der Waals surface area contributed by atoms with Gasteiger partial charge in [-0.1, -0.05) is 65.4 Å². The molecule has 7 nitrogen and oxygen atoms in total. The highest BCUT2D eigenvalue weighted by molar-refractivity contribution is 7.91. The van der Waals surface area contributed by atoms with Crippen LogP contribution in [0.4, 0.5) is 5.82 Å². The fourth-order valence-electron chi connectivity index (χ4n) is 4.06. The smallest absolute Gasteiger partial charge is 0.229 e. The van der Waals surface area contributed by atoms with Crippen molar-refractivity contribution in [2.75, 3.05) is 5.32 Å². The van der Waals surface area contributed by atoms with Crippen LogP contribution in [0.5, 0.6) is 0 Å². The van der Waals surface area contributed by atoms with Crippen LogP contribution in [-0.4, -0.2) is 28.2 Å². The molecule has 1 N–H and O–H groups in total. The van der Waals surface area contributed by atoms with E-state index in [2.05, 4.69) is 15.6 Å². The Bertz CT molecular complexity index is 1590. The number of anilines is 1. The number of benzene rings is 3. The first-order valence-electron chi connectivity index (χ1n) is 10.6. The molecule has 0 aliphatic heterocycles. The van der Waals surface area contributed by atoms with Crippen molar-refractivity contribution in [3.63, 3.8) is 0 Å². The largest absolute Gasteiger partial charge is 0.363 e. The molecule has 1 atom stereocenters. The van der Waals surface area contributed by atoms with Crippen LogP contribution in [0.3, 0.4) is 0 Å². The standard InChI is InChI=1S/C25H23N5O2S/c1-16-13-14-22(17(2)15-16)33(31,32)25-24-27-23(26-18(3)19-9-5-4-6-10-19)20-11-7-8-12-21(20)30(24)29-28-25/h4-15,18H,1-3H3,(H,26,27)/t18-/m1/s1. The molecule has 8 heteroatoms. The maximum absolute atomic E-state index is 13.6. The van der Waals surface area contributed by atoms with Gasteiger partial charge in [0.05, 0.1) is 10.4 Å². The molecule has 5 aromatic rings. The van der Waals surface area contributed by atoms with Crippen LogP contribution in [0.15, 0.2) is 82.7 Å². The first-order chi connectivity index (χ1) is 15.9. The van der Waals surface area contributed by atoms with Crippen LogP contribution in [0.1, 0.15) is 29.7 Å². The van der Waals surface area contributed by atoms with Crippen LogP contribution < -0.4 is 5.32 Å². The summed E-state index contributed by atoms with van der Waals surface area (Å²) in [5, 5.41) is 12.3. The number of hydrogen-bond donors (Lipinski definition) is 1. The number of fused-ring (bicyclic) bond motifs is 3. The van der Waals surface area contributed by atoms with Crippen molar-refractivity contribution >= 4 is 32.2 Å². The number of nitrogens with zero attached hydrogens (tertiary/aromatic N) is 4. The summed E-state index contributed by atoms with van der Waals surface area (Å²) in [5.41, 5.74) is 3.66. The Morgan fingerprint density at radius 1 is 0.939 bits per heavy atom. The zero-order valence-corrected chi connectivity index (χ0v) is 19.3. The summed E-state index contributed by atoms with van der Waals surface area (Å²) in [6, 6.07) is 22.8. The van der Waals surface area contributed by atoms with Gasteiger partial charge in [0.25, 0.3) is 0 Å². The minimum Gasteiger partial charge on any atom is -0.363 e. The summed E-state index contributed by atoms with van der Waals surface area (Å²) >= 11 is 0. The molecule has 0 radical (unpaired) electrons. The molecule has 0 bridgehead atoms. The zero-order valence-electron chi connectivity index (χ0n) is 18.5.